The van der Waals surface area contributed by atoms with Crippen molar-refractivity contribution in [2.45, 2.75) is 66.9 Å². The molecular formula is C19H30N4O3S. The Labute approximate surface area is 161 Å². The van der Waals surface area contributed by atoms with Crippen molar-refractivity contribution in [3.05, 3.63) is 11.8 Å². The Balaban J connectivity index is 1.51. The maximum atomic E-state index is 13.8. The van der Waals surface area contributed by atoms with Crippen molar-refractivity contribution in [1.82, 2.24) is 14.7 Å². The highest BCUT2D eigenvalue weighted by atomic mass is 32.2. The summed E-state index contributed by atoms with van der Waals surface area (Å²) >= 11 is 0. The van der Waals surface area contributed by atoms with Gasteiger partial charge < -0.3 is 10.5 Å². The Morgan fingerprint density at radius 2 is 1.93 bits per heavy atom. The van der Waals surface area contributed by atoms with Gasteiger partial charge in [-0.15, -0.1) is 0 Å². The second kappa shape index (κ2) is 6.54. The predicted molar refractivity (Wildman–Crippen MR) is 101 cm³/mol. The molecule has 8 heteroatoms. The number of hydrogen-bond donors (Lipinski definition) is 1. The third-order valence-corrected chi connectivity index (χ3v) is 9.27. The van der Waals surface area contributed by atoms with Gasteiger partial charge in [-0.1, -0.05) is 0 Å². The number of rotatable bonds is 4. The van der Waals surface area contributed by atoms with Crippen molar-refractivity contribution < 1.29 is 13.2 Å². The van der Waals surface area contributed by atoms with Crippen molar-refractivity contribution in [1.29, 1.82) is 0 Å². The number of likely N-dealkylation sites (tertiary alicyclic amines) is 1. The van der Waals surface area contributed by atoms with Gasteiger partial charge in [0.05, 0.1) is 5.69 Å². The summed E-state index contributed by atoms with van der Waals surface area (Å²) in [6.45, 7) is 2.29. The molecule has 5 rings (SSSR count). The number of aromatic nitrogens is 2. The van der Waals surface area contributed by atoms with E-state index in [2.05, 4.69) is 10.00 Å². The van der Waals surface area contributed by atoms with Crippen LogP contribution in [-0.4, -0.2) is 60.3 Å². The molecule has 150 valence electrons. The van der Waals surface area contributed by atoms with E-state index in [9.17, 15) is 8.42 Å². The van der Waals surface area contributed by atoms with Gasteiger partial charge in [0.15, 0.2) is 5.03 Å². The molecule has 2 aliphatic heterocycles. The summed E-state index contributed by atoms with van der Waals surface area (Å²) in [7, 11) is -1.73. The topological polar surface area (TPSA) is 90.5 Å². The fourth-order valence-corrected chi connectivity index (χ4v) is 7.95. The maximum absolute atomic E-state index is 13.8. The number of nitrogens with two attached hydrogens (primary N) is 1. The second-order valence-electron chi connectivity index (χ2n) is 8.94. The van der Waals surface area contributed by atoms with E-state index in [0.29, 0.717) is 16.9 Å². The molecule has 0 aromatic carbocycles. The zero-order valence-electron chi connectivity index (χ0n) is 16.0. The Morgan fingerprint density at radius 3 is 2.63 bits per heavy atom. The van der Waals surface area contributed by atoms with Gasteiger partial charge in [0.2, 0.25) is 9.84 Å². The number of hydrogen-bond acceptors (Lipinski definition) is 6. The summed E-state index contributed by atoms with van der Waals surface area (Å²) in [5.74, 6) is 0.967. The molecule has 27 heavy (non-hydrogen) atoms. The fourth-order valence-electron chi connectivity index (χ4n) is 5.60. The molecule has 2 aliphatic carbocycles. The Kier molecular flexibility index (Phi) is 4.38. The first kappa shape index (κ1) is 18.1. The van der Waals surface area contributed by atoms with Gasteiger partial charge in [-0.2, -0.15) is 5.10 Å². The van der Waals surface area contributed by atoms with Crippen LogP contribution in [0.3, 0.4) is 0 Å². The van der Waals surface area contributed by atoms with Gasteiger partial charge >= 0.3 is 0 Å². The number of ether oxygens (including phenoxy) is 1. The van der Waals surface area contributed by atoms with Gasteiger partial charge in [-0.25, -0.2) is 8.42 Å². The van der Waals surface area contributed by atoms with E-state index in [1.54, 1.807) is 11.7 Å². The molecule has 0 bridgehead atoms. The van der Waals surface area contributed by atoms with Crippen molar-refractivity contribution >= 4 is 9.84 Å². The van der Waals surface area contributed by atoms with Gasteiger partial charge in [0.1, 0.15) is 5.37 Å². The maximum Gasteiger partial charge on any atom is 0.211 e. The molecule has 3 heterocycles. The van der Waals surface area contributed by atoms with Crippen LogP contribution in [0.1, 0.15) is 50.1 Å². The van der Waals surface area contributed by atoms with Crippen molar-refractivity contribution in [2.75, 3.05) is 19.8 Å². The number of nitrogens with zero attached hydrogens (tertiary/aromatic N) is 3. The number of sulfone groups is 1. The van der Waals surface area contributed by atoms with Crippen LogP contribution in [0.25, 0.3) is 0 Å². The first-order chi connectivity index (χ1) is 12.9. The fraction of sp³-hybridized carbons (Fsp3) is 0.842. The third kappa shape index (κ3) is 3.05. The molecule has 4 atom stereocenters. The standard InChI is InChI=1S/C19H30N4O3S/c1-22-18(10-17(21-22)12-2-3-12)27(24,25)19-16-9-14(20)8-13(16)11-23(19)15-4-6-26-7-5-15/h10,12-16,19H,2-9,11,20H2,1H3/t13-,14+,16+,19+/m1/s1. The molecule has 2 saturated heterocycles. The highest BCUT2D eigenvalue weighted by Crippen LogP contribution is 2.47. The molecule has 2 saturated carbocycles. The summed E-state index contributed by atoms with van der Waals surface area (Å²) < 4.78 is 34.8. The predicted octanol–water partition coefficient (Wildman–Crippen LogP) is 1.25. The Morgan fingerprint density at radius 1 is 1.19 bits per heavy atom. The van der Waals surface area contributed by atoms with Gasteiger partial charge in [0, 0.05) is 44.8 Å². The average molecular weight is 395 g/mol. The Hall–Kier alpha value is -0.960. The normalized spacial score (nSPS) is 35.6. The molecule has 0 amide bonds. The quantitative estimate of drug-likeness (QED) is 0.826. The molecule has 1 aromatic rings. The highest BCUT2D eigenvalue weighted by Gasteiger charge is 2.54. The minimum Gasteiger partial charge on any atom is -0.381 e. The molecular weight excluding hydrogens is 364 g/mol. The lowest BCUT2D eigenvalue weighted by Crippen LogP contribution is -2.48. The summed E-state index contributed by atoms with van der Waals surface area (Å²) in [6, 6.07) is 2.25. The van der Waals surface area contributed by atoms with E-state index in [-0.39, 0.29) is 18.0 Å². The summed E-state index contributed by atoms with van der Waals surface area (Å²) in [6.07, 6.45) is 5.81. The van der Waals surface area contributed by atoms with Crippen LogP contribution in [0.4, 0.5) is 0 Å². The largest absolute Gasteiger partial charge is 0.381 e. The molecule has 4 fully saturated rings. The van der Waals surface area contributed by atoms with E-state index < -0.39 is 15.2 Å². The van der Waals surface area contributed by atoms with E-state index >= 15 is 0 Å². The van der Waals surface area contributed by atoms with Crippen LogP contribution < -0.4 is 5.73 Å². The molecule has 0 unspecified atom stereocenters. The van der Waals surface area contributed by atoms with E-state index in [4.69, 9.17) is 10.5 Å². The van der Waals surface area contributed by atoms with Crippen molar-refractivity contribution in [3.63, 3.8) is 0 Å². The van der Waals surface area contributed by atoms with Gasteiger partial charge in [0.25, 0.3) is 0 Å². The van der Waals surface area contributed by atoms with Gasteiger partial charge in [-0.3, -0.25) is 9.58 Å². The van der Waals surface area contributed by atoms with E-state index in [1.165, 1.54) is 0 Å². The van der Waals surface area contributed by atoms with Crippen molar-refractivity contribution in [2.24, 2.45) is 24.6 Å². The molecule has 4 aliphatic rings. The lowest BCUT2D eigenvalue weighted by atomic mass is 10.0. The number of fused-ring (bicyclic) bond motifs is 1. The van der Waals surface area contributed by atoms with Crippen LogP contribution >= 0.6 is 0 Å². The average Bonchev–Trinajstić information content (AvgIpc) is 3.18. The SMILES string of the molecule is Cn1nc(C2CC2)cc1S(=O)(=O)[C@H]1[C@H]2C[C@@H](N)C[C@@H]2CN1C1CCOCC1. The monoisotopic (exact) mass is 394 g/mol. The zero-order chi connectivity index (χ0) is 18.8. The van der Waals surface area contributed by atoms with Gasteiger partial charge in [-0.05, 0) is 56.4 Å². The lowest BCUT2D eigenvalue weighted by Gasteiger charge is -2.36. The van der Waals surface area contributed by atoms with Crippen molar-refractivity contribution in [3.8, 4) is 0 Å². The van der Waals surface area contributed by atoms with Crippen LogP contribution in [0, 0.1) is 11.8 Å². The lowest BCUT2D eigenvalue weighted by molar-refractivity contribution is 0.0346. The van der Waals surface area contributed by atoms with Crippen LogP contribution in [0.5, 0.6) is 0 Å². The zero-order valence-corrected chi connectivity index (χ0v) is 16.8. The first-order valence-electron chi connectivity index (χ1n) is 10.3. The number of aryl methyl sites for hydroxylation is 1. The minimum absolute atomic E-state index is 0.128. The second-order valence-corrected chi connectivity index (χ2v) is 10.9. The highest BCUT2D eigenvalue weighted by molar-refractivity contribution is 7.92. The molecule has 7 nitrogen and oxygen atoms in total. The first-order valence-corrected chi connectivity index (χ1v) is 11.9. The molecule has 2 N–H and O–H groups in total. The summed E-state index contributed by atoms with van der Waals surface area (Å²) in [4.78, 5) is 2.28. The molecule has 0 radical (unpaired) electrons. The van der Waals surface area contributed by atoms with Crippen LogP contribution in [0.2, 0.25) is 0 Å². The molecule has 1 aromatic heterocycles. The third-order valence-electron chi connectivity index (χ3n) is 7.05. The smallest absolute Gasteiger partial charge is 0.211 e. The molecule has 0 spiro atoms. The Bertz CT molecular complexity index is 813. The van der Waals surface area contributed by atoms with Crippen LogP contribution in [-0.2, 0) is 21.6 Å². The summed E-state index contributed by atoms with van der Waals surface area (Å²) in [5, 5.41) is 4.43. The van der Waals surface area contributed by atoms with Crippen LogP contribution in [0.15, 0.2) is 11.1 Å². The minimum atomic E-state index is -3.50. The van der Waals surface area contributed by atoms with E-state index in [0.717, 1.165) is 64.0 Å². The van der Waals surface area contributed by atoms with E-state index in [1.807, 2.05) is 6.07 Å². The summed E-state index contributed by atoms with van der Waals surface area (Å²) in [5.41, 5.74) is 7.16.